The molecule has 1 fully saturated rings. The number of aromatic amines is 1. The third-order valence-electron chi connectivity index (χ3n) is 5.86. The maximum atomic E-state index is 13.0. The van der Waals surface area contributed by atoms with Gasteiger partial charge in [0, 0.05) is 30.8 Å². The summed E-state index contributed by atoms with van der Waals surface area (Å²) in [5, 5.41) is 11.3. The summed E-state index contributed by atoms with van der Waals surface area (Å²) in [6.45, 7) is 2.79. The van der Waals surface area contributed by atoms with Gasteiger partial charge in [0.1, 0.15) is 11.5 Å². The lowest BCUT2D eigenvalue weighted by Crippen LogP contribution is -2.35. The van der Waals surface area contributed by atoms with Gasteiger partial charge in [-0.05, 0) is 23.6 Å². The van der Waals surface area contributed by atoms with E-state index < -0.39 is 28.6 Å². The van der Waals surface area contributed by atoms with Crippen molar-refractivity contribution in [2.24, 2.45) is 0 Å². The first-order valence-corrected chi connectivity index (χ1v) is 10.8. The fourth-order valence-corrected chi connectivity index (χ4v) is 4.03. The van der Waals surface area contributed by atoms with Crippen LogP contribution in [0.4, 0.5) is 0 Å². The molecule has 2 N–H and O–H groups in total. The minimum atomic E-state index is -1.04. The Morgan fingerprint density at radius 2 is 1.94 bits per heavy atom. The third kappa shape index (κ3) is 4.97. The van der Waals surface area contributed by atoms with E-state index in [1.165, 1.54) is 20.3 Å². The Hall–Kier alpha value is -3.63. The number of aromatic nitrogens is 1. The number of morpholine rings is 1. The van der Waals surface area contributed by atoms with E-state index in [2.05, 4.69) is 4.98 Å². The minimum Gasteiger partial charge on any atom is -0.502 e. The first kappa shape index (κ1) is 23.5. The van der Waals surface area contributed by atoms with E-state index in [-0.39, 0.29) is 17.7 Å². The van der Waals surface area contributed by atoms with Gasteiger partial charge in [0.05, 0.1) is 51.8 Å². The summed E-state index contributed by atoms with van der Waals surface area (Å²) < 4.78 is 21.3. The van der Waals surface area contributed by atoms with Crippen LogP contribution in [-0.4, -0.2) is 61.5 Å². The van der Waals surface area contributed by atoms with Crippen molar-refractivity contribution in [1.29, 1.82) is 0 Å². The third-order valence-corrected chi connectivity index (χ3v) is 5.86. The number of benzene rings is 1. The van der Waals surface area contributed by atoms with Crippen LogP contribution in [0.5, 0.6) is 11.5 Å². The van der Waals surface area contributed by atoms with Crippen LogP contribution in [0.15, 0.2) is 44.3 Å². The van der Waals surface area contributed by atoms with Crippen LogP contribution in [0.25, 0.3) is 10.9 Å². The zero-order chi connectivity index (χ0) is 24.2. The van der Waals surface area contributed by atoms with E-state index in [9.17, 15) is 19.5 Å². The van der Waals surface area contributed by atoms with E-state index in [4.69, 9.17) is 18.6 Å². The number of pyridine rings is 1. The number of nitrogens with one attached hydrogen (secondary N) is 1. The molecule has 1 aliphatic heterocycles. The van der Waals surface area contributed by atoms with Crippen molar-refractivity contribution < 1.29 is 28.5 Å². The molecule has 1 atom stereocenters. The Balaban J connectivity index is 1.81. The molecule has 1 saturated heterocycles. The Morgan fingerprint density at radius 1 is 1.18 bits per heavy atom. The van der Waals surface area contributed by atoms with Crippen LogP contribution in [0.1, 0.15) is 29.4 Å². The number of methoxy groups -OCH3 is 2. The normalized spacial score (nSPS) is 15.2. The van der Waals surface area contributed by atoms with Crippen molar-refractivity contribution in [3.05, 3.63) is 68.0 Å². The van der Waals surface area contributed by atoms with E-state index in [1.807, 2.05) is 4.90 Å². The van der Waals surface area contributed by atoms with Crippen molar-refractivity contribution in [3.8, 4) is 11.5 Å². The minimum absolute atomic E-state index is 0.153. The summed E-state index contributed by atoms with van der Waals surface area (Å²) in [4.78, 5) is 42.7. The Labute approximate surface area is 194 Å². The number of H-pyrrole nitrogens is 1. The maximum absolute atomic E-state index is 13.0. The van der Waals surface area contributed by atoms with Crippen molar-refractivity contribution in [2.75, 3.05) is 40.5 Å². The van der Waals surface area contributed by atoms with Gasteiger partial charge in [-0.1, -0.05) is 0 Å². The van der Waals surface area contributed by atoms with Crippen molar-refractivity contribution >= 4 is 16.9 Å². The van der Waals surface area contributed by atoms with Gasteiger partial charge >= 0.3 is 5.97 Å². The number of hydrogen-bond acceptors (Lipinski definition) is 9. The quantitative estimate of drug-likeness (QED) is 0.496. The molecule has 0 saturated carbocycles. The molecule has 0 aliphatic carbocycles. The number of rotatable bonds is 7. The zero-order valence-electron chi connectivity index (χ0n) is 19.0. The second-order valence-corrected chi connectivity index (χ2v) is 8.02. The predicted octanol–water partition coefficient (Wildman–Crippen LogP) is 1.72. The average molecular weight is 470 g/mol. The van der Waals surface area contributed by atoms with Gasteiger partial charge in [-0.3, -0.25) is 19.3 Å². The summed E-state index contributed by atoms with van der Waals surface area (Å²) in [6, 6.07) is 8.00. The number of carbonyl (C=O) groups excluding carboxylic acids is 1. The Kier molecular flexibility index (Phi) is 6.99. The summed E-state index contributed by atoms with van der Waals surface area (Å²) in [6.07, 6.45) is -0.307. The Morgan fingerprint density at radius 3 is 2.65 bits per heavy atom. The molecule has 1 aromatic carbocycles. The van der Waals surface area contributed by atoms with Crippen molar-refractivity contribution in [3.63, 3.8) is 0 Å². The highest BCUT2D eigenvalue weighted by Gasteiger charge is 2.29. The lowest BCUT2D eigenvalue weighted by Gasteiger charge is -2.26. The summed E-state index contributed by atoms with van der Waals surface area (Å²) >= 11 is 0. The van der Waals surface area contributed by atoms with Gasteiger partial charge in [0.25, 0.3) is 5.56 Å². The fourth-order valence-electron chi connectivity index (χ4n) is 4.03. The first-order valence-electron chi connectivity index (χ1n) is 10.8. The molecule has 4 rings (SSSR count). The average Bonchev–Trinajstić information content (AvgIpc) is 2.84. The molecule has 3 aromatic rings. The number of ether oxygens (including phenoxy) is 3. The summed E-state index contributed by atoms with van der Waals surface area (Å²) in [5.74, 6) is -1.58. The van der Waals surface area contributed by atoms with Gasteiger partial charge in [0.2, 0.25) is 11.2 Å². The number of fused-ring (bicyclic) bond motifs is 1. The van der Waals surface area contributed by atoms with Crippen LogP contribution in [0, 0.1) is 0 Å². The molecule has 0 bridgehead atoms. The van der Waals surface area contributed by atoms with Crippen LogP contribution in [-0.2, 0) is 20.8 Å². The highest BCUT2D eigenvalue weighted by atomic mass is 16.5. The molecule has 180 valence electrons. The van der Waals surface area contributed by atoms with Gasteiger partial charge in [-0.25, -0.2) is 0 Å². The molecule has 0 radical (unpaired) electrons. The highest BCUT2D eigenvalue weighted by Crippen LogP contribution is 2.33. The lowest BCUT2D eigenvalue weighted by atomic mass is 9.92. The van der Waals surface area contributed by atoms with Gasteiger partial charge < -0.3 is 28.7 Å². The maximum Gasteiger partial charge on any atom is 0.306 e. The molecule has 0 unspecified atom stereocenters. The smallest absolute Gasteiger partial charge is 0.306 e. The molecule has 34 heavy (non-hydrogen) atoms. The zero-order valence-corrected chi connectivity index (χ0v) is 19.0. The lowest BCUT2D eigenvalue weighted by molar-refractivity contribution is -0.140. The van der Waals surface area contributed by atoms with Gasteiger partial charge in [-0.15, -0.1) is 0 Å². The number of carbonyl (C=O) groups is 1. The predicted molar refractivity (Wildman–Crippen MR) is 122 cm³/mol. The molecule has 0 spiro atoms. The highest BCUT2D eigenvalue weighted by molar-refractivity contribution is 5.81. The molecule has 10 heteroatoms. The fraction of sp³-hybridized carbons (Fsp3) is 0.375. The van der Waals surface area contributed by atoms with Crippen LogP contribution < -0.4 is 15.7 Å². The molecule has 3 heterocycles. The second-order valence-electron chi connectivity index (χ2n) is 8.02. The van der Waals surface area contributed by atoms with Crippen molar-refractivity contribution in [2.45, 2.75) is 18.9 Å². The molecular formula is C24H26N2O8. The number of hydrogen-bond donors (Lipinski definition) is 2. The van der Waals surface area contributed by atoms with E-state index >= 15 is 0 Å². The first-order chi connectivity index (χ1) is 16.4. The van der Waals surface area contributed by atoms with E-state index in [0.717, 1.165) is 0 Å². The van der Waals surface area contributed by atoms with E-state index in [0.29, 0.717) is 55.3 Å². The largest absolute Gasteiger partial charge is 0.502 e. The van der Waals surface area contributed by atoms with Crippen LogP contribution in [0.2, 0.25) is 0 Å². The van der Waals surface area contributed by atoms with Gasteiger partial charge in [0.15, 0.2) is 5.76 Å². The molecular weight excluding hydrogens is 444 g/mol. The molecule has 0 amide bonds. The van der Waals surface area contributed by atoms with Crippen molar-refractivity contribution in [1.82, 2.24) is 9.88 Å². The summed E-state index contributed by atoms with van der Waals surface area (Å²) in [7, 11) is 2.75. The SMILES string of the molecule is COC(=O)C[C@H](c1oc(CN2CCOCC2)cc(=O)c1O)c1cc2ccc(OC)cc2[nH]c1=O. The standard InChI is InChI=1S/C24H26N2O8/c1-31-15-4-3-14-9-18(24(30)25-19(14)10-15)17(12-21(28)32-2)23-22(29)20(27)11-16(34-23)13-26-5-7-33-8-6-26/h3-4,9-11,17,29H,5-8,12-13H2,1-2H3,(H,25,30)/t17-/m0/s1. The number of esters is 1. The Bertz CT molecular complexity index is 1310. The molecule has 1 aliphatic rings. The number of nitrogens with zero attached hydrogens (tertiary/aromatic N) is 1. The van der Waals surface area contributed by atoms with E-state index in [1.54, 1.807) is 24.3 Å². The van der Waals surface area contributed by atoms with Gasteiger partial charge in [-0.2, -0.15) is 0 Å². The van der Waals surface area contributed by atoms with Crippen LogP contribution in [0.3, 0.4) is 0 Å². The topological polar surface area (TPSA) is 131 Å². The number of aromatic hydroxyl groups is 1. The second kappa shape index (κ2) is 10.1. The molecule has 2 aromatic heterocycles. The monoisotopic (exact) mass is 470 g/mol. The summed E-state index contributed by atoms with van der Waals surface area (Å²) in [5.41, 5.74) is -0.446. The molecule has 10 nitrogen and oxygen atoms in total. The van der Waals surface area contributed by atoms with Crippen LogP contribution >= 0.6 is 0 Å².